The Balaban J connectivity index is 2.19. The molecule has 9 heteroatoms. The number of hydrogen-bond donors (Lipinski definition) is 1. The first-order valence-corrected chi connectivity index (χ1v) is 7.28. The summed E-state index contributed by atoms with van der Waals surface area (Å²) < 4.78 is 30.1. The molecule has 2 heterocycles. The summed E-state index contributed by atoms with van der Waals surface area (Å²) in [4.78, 5) is 12.7. The van der Waals surface area contributed by atoms with E-state index < -0.39 is 10.0 Å². The summed E-state index contributed by atoms with van der Waals surface area (Å²) in [6.45, 7) is 2.70. The minimum Gasteiger partial charge on any atom is -0.477 e. The Morgan fingerprint density at radius 1 is 1.56 bits per heavy atom. The van der Waals surface area contributed by atoms with E-state index in [1.807, 2.05) is 0 Å². The molecule has 1 atom stereocenters. The third-order valence-electron chi connectivity index (χ3n) is 2.20. The van der Waals surface area contributed by atoms with Crippen molar-refractivity contribution in [3.05, 3.63) is 12.4 Å². The SMILES string of the molecule is CCOc1cnc(S(=O)(=O)N2CC(S)CO2)cn1. The Hall–Kier alpha value is -0.900. The molecule has 1 aliphatic rings. The Bertz CT molecular complexity index is 505. The molecule has 0 amide bonds. The number of sulfonamides is 1. The minimum absolute atomic E-state index is 0.129. The van der Waals surface area contributed by atoms with E-state index in [-0.39, 0.29) is 29.3 Å². The zero-order valence-corrected chi connectivity index (χ0v) is 11.4. The number of ether oxygens (including phenoxy) is 1. The van der Waals surface area contributed by atoms with Crippen LogP contribution in [0, 0.1) is 0 Å². The molecule has 0 aromatic carbocycles. The van der Waals surface area contributed by atoms with Gasteiger partial charge in [-0.15, -0.1) is 0 Å². The van der Waals surface area contributed by atoms with Gasteiger partial charge in [0.05, 0.1) is 32.2 Å². The van der Waals surface area contributed by atoms with Crippen LogP contribution in [0.2, 0.25) is 0 Å². The Morgan fingerprint density at radius 2 is 2.33 bits per heavy atom. The van der Waals surface area contributed by atoms with E-state index in [1.165, 1.54) is 6.20 Å². The zero-order valence-electron chi connectivity index (χ0n) is 9.68. The van der Waals surface area contributed by atoms with Gasteiger partial charge in [0.1, 0.15) is 0 Å². The maximum atomic E-state index is 12.1. The Morgan fingerprint density at radius 3 is 2.83 bits per heavy atom. The molecule has 1 unspecified atom stereocenters. The van der Waals surface area contributed by atoms with Crippen LogP contribution in [0.3, 0.4) is 0 Å². The number of thiol groups is 1. The van der Waals surface area contributed by atoms with Crippen molar-refractivity contribution in [3.63, 3.8) is 0 Å². The average molecular weight is 291 g/mol. The fourth-order valence-corrected chi connectivity index (χ4v) is 2.86. The molecule has 0 aliphatic carbocycles. The molecule has 1 aromatic heterocycles. The molecule has 1 aromatic rings. The fraction of sp³-hybridized carbons (Fsp3) is 0.556. The summed E-state index contributed by atoms with van der Waals surface area (Å²) in [7, 11) is -3.77. The molecule has 1 saturated heterocycles. The van der Waals surface area contributed by atoms with Crippen molar-refractivity contribution in [1.29, 1.82) is 0 Å². The molecule has 100 valence electrons. The molecule has 0 bridgehead atoms. The smallest absolute Gasteiger partial charge is 0.284 e. The molecule has 1 fully saturated rings. The van der Waals surface area contributed by atoms with E-state index in [0.29, 0.717) is 6.61 Å². The second-order valence-corrected chi connectivity index (χ2v) is 6.07. The summed E-state index contributed by atoms with van der Waals surface area (Å²) in [5.41, 5.74) is 0. The lowest BCUT2D eigenvalue weighted by atomic mass is 10.5. The van der Waals surface area contributed by atoms with Gasteiger partial charge in [0.2, 0.25) is 5.88 Å². The zero-order chi connectivity index (χ0) is 13.2. The van der Waals surface area contributed by atoms with E-state index in [9.17, 15) is 8.42 Å². The van der Waals surface area contributed by atoms with Gasteiger partial charge in [0.15, 0.2) is 5.03 Å². The van der Waals surface area contributed by atoms with Crippen LogP contribution in [0.25, 0.3) is 0 Å². The third-order valence-corrected chi connectivity index (χ3v) is 4.04. The van der Waals surface area contributed by atoms with Gasteiger partial charge < -0.3 is 4.74 Å². The highest BCUT2D eigenvalue weighted by Gasteiger charge is 2.33. The van der Waals surface area contributed by atoms with E-state index in [4.69, 9.17) is 9.57 Å². The number of hydroxylamine groups is 1. The third kappa shape index (κ3) is 2.74. The Kier molecular flexibility index (Phi) is 4.05. The second-order valence-electron chi connectivity index (χ2n) is 3.57. The van der Waals surface area contributed by atoms with Gasteiger partial charge in [-0.05, 0) is 6.92 Å². The van der Waals surface area contributed by atoms with Crippen LogP contribution < -0.4 is 4.74 Å². The lowest BCUT2D eigenvalue weighted by Gasteiger charge is -2.13. The maximum absolute atomic E-state index is 12.1. The van der Waals surface area contributed by atoms with Crippen molar-refractivity contribution in [2.24, 2.45) is 0 Å². The van der Waals surface area contributed by atoms with Crippen molar-refractivity contribution < 1.29 is 18.0 Å². The van der Waals surface area contributed by atoms with E-state index in [0.717, 1.165) is 10.7 Å². The van der Waals surface area contributed by atoms with Crippen molar-refractivity contribution in [1.82, 2.24) is 14.4 Å². The molecule has 0 spiro atoms. The van der Waals surface area contributed by atoms with Crippen molar-refractivity contribution in [2.75, 3.05) is 19.8 Å². The van der Waals surface area contributed by atoms with Crippen molar-refractivity contribution >= 4 is 22.7 Å². The summed E-state index contributed by atoms with van der Waals surface area (Å²) in [5.74, 6) is 0.283. The highest BCUT2D eigenvalue weighted by Crippen LogP contribution is 2.20. The van der Waals surface area contributed by atoms with Crippen LogP contribution in [-0.2, 0) is 14.9 Å². The summed E-state index contributed by atoms with van der Waals surface area (Å²) in [6.07, 6.45) is 2.42. The van der Waals surface area contributed by atoms with E-state index in [2.05, 4.69) is 22.6 Å². The maximum Gasteiger partial charge on any atom is 0.284 e. The van der Waals surface area contributed by atoms with Gasteiger partial charge in [-0.1, -0.05) is 4.47 Å². The lowest BCUT2D eigenvalue weighted by molar-refractivity contribution is -0.0285. The molecule has 0 saturated carbocycles. The first-order chi connectivity index (χ1) is 8.54. The molecule has 2 rings (SSSR count). The largest absolute Gasteiger partial charge is 0.477 e. The van der Waals surface area contributed by atoms with Gasteiger partial charge in [-0.2, -0.15) is 12.6 Å². The molecule has 7 nitrogen and oxygen atoms in total. The predicted octanol–water partition coefficient (Wildman–Crippen LogP) is 0.110. The molecular weight excluding hydrogens is 278 g/mol. The van der Waals surface area contributed by atoms with E-state index in [1.54, 1.807) is 6.92 Å². The molecule has 0 N–H and O–H groups in total. The van der Waals surface area contributed by atoms with Crippen LogP contribution >= 0.6 is 12.6 Å². The highest BCUT2D eigenvalue weighted by atomic mass is 32.2. The molecular formula is C9H13N3O4S2. The lowest BCUT2D eigenvalue weighted by Crippen LogP contribution is -2.28. The average Bonchev–Trinajstić information content (AvgIpc) is 2.78. The second kappa shape index (κ2) is 5.39. The van der Waals surface area contributed by atoms with Crippen molar-refractivity contribution in [3.8, 4) is 5.88 Å². The molecule has 1 aliphatic heterocycles. The number of hydrogen-bond acceptors (Lipinski definition) is 7. The van der Waals surface area contributed by atoms with Crippen LogP contribution in [-0.4, -0.2) is 47.9 Å². The van der Waals surface area contributed by atoms with Crippen LogP contribution in [0.1, 0.15) is 6.92 Å². The summed E-state index contributed by atoms with van der Waals surface area (Å²) >= 11 is 4.15. The minimum atomic E-state index is -3.77. The van der Waals surface area contributed by atoms with Gasteiger partial charge in [0, 0.05) is 5.25 Å². The van der Waals surface area contributed by atoms with Gasteiger partial charge >= 0.3 is 0 Å². The normalized spacial score (nSPS) is 21.1. The van der Waals surface area contributed by atoms with E-state index >= 15 is 0 Å². The van der Waals surface area contributed by atoms with Gasteiger partial charge in [-0.3, -0.25) is 4.84 Å². The standard InChI is InChI=1S/C9H13N3O4S2/c1-2-15-8-3-11-9(4-10-8)18(13,14)12-5-7(17)6-16-12/h3-4,7,17H,2,5-6H2,1H3. The molecule has 18 heavy (non-hydrogen) atoms. The number of rotatable bonds is 4. The van der Waals surface area contributed by atoms with Crippen LogP contribution in [0.5, 0.6) is 5.88 Å². The first-order valence-electron chi connectivity index (χ1n) is 5.32. The number of nitrogens with zero attached hydrogens (tertiary/aromatic N) is 3. The van der Waals surface area contributed by atoms with Gasteiger partial charge in [0.25, 0.3) is 10.0 Å². The fourth-order valence-electron chi connectivity index (χ4n) is 1.38. The predicted molar refractivity (Wildman–Crippen MR) is 65.8 cm³/mol. The van der Waals surface area contributed by atoms with Crippen LogP contribution in [0.15, 0.2) is 17.4 Å². The quantitative estimate of drug-likeness (QED) is 0.793. The summed E-state index contributed by atoms with van der Waals surface area (Å²) in [5, 5.41) is -0.302. The van der Waals surface area contributed by atoms with Gasteiger partial charge in [-0.25, -0.2) is 18.4 Å². The molecule has 0 radical (unpaired) electrons. The monoisotopic (exact) mass is 291 g/mol. The summed E-state index contributed by atoms with van der Waals surface area (Å²) in [6, 6.07) is 0. The highest BCUT2D eigenvalue weighted by molar-refractivity contribution is 7.89. The number of aromatic nitrogens is 2. The Labute approximate surface area is 111 Å². The van der Waals surface area contributed by atoms with Crippen LogP contribution in [0.4, 0.5) is 0 Å². The topological polar surface area (TPSA) is 81.6 Å². The van der Waals surface area contributed by atoms with Crippen molar-refractivity contribution in [2.45, 2.75) is 17.2 Å². The first kappa shape index (κ1) is 13.5.